The zero-order valence-electron chi connectivity index (χ0n) is 7.63. The molecule has 0 saturated carbocycles. The second kappa shape index (κ2) is 4.94. The van der Waals surface area contributed by atoms with Crippen LogP contribution in [0.25, 0.3) is 0 Å². The van der Waals surface area contributed by atoms with Gasteiger partial charge in [0.1, 0.15) is 5.82 Å². The Morgan fingerprint density at radius 2 is 2.31 bits per heavy atom. The third-order valence-electron chi connectivity index (χ3n) is 1.66. The molecule has 1 atom stereocenters. The van der Waals surface area contributed by atoms with Crippen LogP contribution in [0, 0.1) is 5.82 Å². The normalized spacial score (nSPS) is 12.8. The van der Waals surface area contributed by atoms with E-state index in [2.05, 4.69) is 5.32 Å². The largest absolute Gasteiger partial charge is 0.392 e. The van der Waals surface area contributed by atoms with Gasteiger partial charge in [0.05, 0.1) is 6.10 Å². The first kappa shape index (κ1) is 10.2. The van der Waals surface area contributed by atoms with Crippen molar-refractivity contribution >= 4 is 0 Å². The standard InChI is InChI=1S/C10H14FNO/c1-8(13)6-12-7-9-3-2-4-10(11)5-9/h2-5,8,12-13H,6-7H2,1H3/t8-/m0/s1. The molecule has 2 nitrogen and oxygen atoms in total. The van der Waals surface area contributed by atoms with Crippen LogP contribution >= 0.6 is 0 Å². The van der Waals surface area contributed by atoms with Crippen LogP contribution in [-0.4, -0.2) is 17.8 Å². The maximum atomic E-state index is 12.7. The van der Waals surface area contributed by atoms with Gasteiger partial charge in [0.15, 0.2) is 0 Å². The predicted molar refractivity (Wildman–Crippen MR) is 49.8 cm³/mol. The summed E-state index contributed by atoms with van der Waals surface area (Å²) in [6.07, 6.45) is -0.367. The van der Waals surface area contributed by atoms with E-state index < -0.39 is 0 Å². The number of aliphatic hydroxyl groups excluding tert-OH is 1. The van der Waals surface area contributed by atoms with E-state index in [4.69, 9.17) is 5.11 Å². The van der Waals surface area contributed by atoms with E-state index in [1.54, 1.807) is 13.0 Å². The van der Waals surface area contributed by atoms with Crippen LogP contribution < -0.4 is 5.32 Å². The van der Waals surface area contributed by atoms with Crippen LogP contribution in [0.2, 0.25) is 0 Å². The topological polar surface area (TPSA) is 32.3 Å². The van der Waals surface area contributed by atoms with Crippen molar-refractivity contribution in [3.8, 4) is 0 Å². The first-order chi connectivity index (χ1) is 6.18. The molecular weight excluding hydrogens is 169 g/mol. The number of rotatable bonds is 4. The fourth-order valence-electron chi connectivity index (χ4n) is 1.07. The fourth-order valence-corrected chi connectivity index (χ4v) is 1.07. The quantitative estimate of drug-likeness (QED) is 0.737. The van der Waals surface area contributed by atoms with E-state index in [0.717, 1.165) is 5.56 Å². The molecule has 0 amide bonds. The lowest BCUT2D eigenvalue weighted by atomic mass is 10.2. The number of hydrogen-bond acceptors (Lipinski definition) is 2. The van der Waals surface area contributed by atoms with Crippen molar-refractivity contribution in [2.75, 3.05) is 6.54 Å². The minimum Gasteiger partial charge on any atom is -0.392 e. The van der Waals surface area contributed by atoms with Crippen LogP contribution in [-0.2, 0) is 6.54 Å². The van der Waals surface area contributed by atoms with Gasteiger partial charge in [0.2, 0.25) is 0 Å². The highest BCUT2D eigenvalue weighted by Gasteiger charge is 1.96. The van der Waals surface area contributed by atoms with Crippen molar-refractivity contribution in [3.05, 3.63) is 35.6 Å². The van der Waals surface area contributed by atoms with Gasteiger partial charge < -0.3 is 10.4 Å². The molecule has 2 N–H and O–H groups in total. The fraction of sp³-hybridized carbons (Fsp3) is 0.400. The van der Waals surface area contributed by atoms with Gasteiger partial charge in [-0.2, -0.15) is 0 Å². The average molecular weight is 183 g/mol. The molecule has 1 rings (SSSR count). The number of benzene rings is 1. The van der Waals surface area contributed by atoms with E-state index in [0.29, 0.717) is 13.1 Å². The highest BCUT2D eigenvalue weighted by Crippen LogP contribution is 2.02. The van der Waals surface area contributed by atoms with Crippen LogP contribution in [0.4, 0.5) is 4.39 Å². The van der Waals surface area contributed by atoms with E-state index in [1.165, 1.54) is 12.1 Å². The Labute approximate surface area is 77.4 Å². The van der Waals surface area contributed by atoms with Crippen LogP contribution in [0.15, 0.2) is 24.3 Å². The van der Waals surface area contributed by atoms with Crippen molar-refractivity contribution in [3.63, 3.8) is 0 Å². The number of nitrogens with one attached hydrogen (secondary N) is 1. The summed E-state index contributed by atoms with van der Waals surface area (Å²) in [5.74, 6) is -0.226. The lowest BCUT2D eigenvalue weighted by molar-refractivity contribution is 0.191. The maximum Gasteiger partial charge on any atom is 0.123 e. The second-order valence-corrected chi connectivity index (χ2v) is 3.11. The summed E-state index contributed by atoms with van der Waals surface area (Å²) in [4.78, 5) is 0. The molecule has 0 saturated heterocycles. The molecule has 13 heavy (non-hydrogen) atoms. The van der Waals surface area contributed by atoms with Crippen LogP contribution in [0.3, 0.4) is 0 Å². The third kappa shape index (κ3) is 4.01. The van der Waals surface area contributed by atoms with Gasteiger partial charge in [-0.1, -0.05) is 12.1 Å². The molecule has 0 aliphatic heterocycles. The molecule has 1 aromatic rings. The molecular formula is C10H14FNO. The van der Waals surface area contributed by atoms with Gasteiger partial charge in [0.25, 0.3) is 0 Å². The molecule has 0 radical (unpaired) electrons. The van der Waals surface area contributed by atoms with Crippen molar-refractivity contribution in [2.24, 2.45) is 0 Å². The highest BCUT2D eigenvalue weighted by atomic mass is 19.1. The van der Waals surface area contributed by atoms with Gasteiger partial charge in [-0.3, -0.25) is 0 Å². The predicted octanol–water partition coefficient (Wildman–Crippen LogP) is 1.30. The van der Waals surface area contributed by atoms with Gasteiger partial charge in [-0.05, 0) is 24.6 Å². The Hall–Kier alpha value is -0.930. The summed E-state index contributed by atoms with van der Waals surface area (Å²) in [5, 5.41) is 12.0. The first-order valence-corrected chi connectivity index (χ1v) is 4.31. The molecule has 3 heteroatoms. The molecule has 0 spiro atoms. The van der Waals surface area contributed by atoms with Crippen molar-refractivity contribution < 1.29 is 9.50 Å². The minimum absolute atomic E-state index is 0.226. The number of aliphatic hydroxyl groups is 1. The Morgan fingerprint density at radius 3 is 2.92 bits per heavy atom. The van der Waals surface area contributed by atoms with Crippen molar-refractivity contribution in [2.45, 2.75) is 19.6 Å². The molecule has 0 bridgehead atoms. The molecule has 0 aliphatic carbocycles. The van der Waals surface area contributed by atoms with Gasteiger partial charge in [-0.25, -0.2) is 4.39 Å². The lowest BCUT2D eigenvalue weighted by Crippen LogP contribution is -2.23. The van der Waals surface area contributed by atoms with Crippen LogP contribution in [0.1, 0.15) is 12.5 Å². The second-order valence-electron chi connectivity index (χ2n) is 3.11. The van der Waals surface area contributed by atoms with Crippen LogP contribution in [0.5, 0.6) is 0 Å². The SMILES string of the molecule is C[C@H](O)CNCc1cccc(F)c1. The number of halogens is 1. The van der Waals surface area contributed by atoms with Gasteiger partial charge in [-0.15, -0.1) is 0 Å². The van der Waals surface area contributed by atoms with Gasteiger partial charge >= 0.3 is 0 Å². The highest BCUT2D eigenvalue weighted by molar-refractivity contribution is 5.15. The third-order valence-corrected chi connectivity index (χ3v) is 1.66. The summed E-state index contributed by atoms with van der Waals surface area (Å²) >= 11 is 0. The molecule has 0 aliphatic rings. The lowest BCUT2D eigenvalue weighted by Gasteiger charge is -2.06. The Morgan fingerprint density at radius 1 is 1.54 bits per heavy atom. The number of hydrogen-bond donors (Lipinski definition) is 2. The maximum absolute atomic E-state index is 12.7. The summed E-state index contributed by atoms with van der Waals surface area (Å²) in [5.41, 5.74) is 0.889. The molecule has 0 unspecified atom stereocenters. The molecule has 0 heterocycles. The summed E-state index contributed by atoms with van der Waals surface area (Å²) in [6, 6.07) is 6.42. The zero-order valence-corrected chi connectivity index (χ0v) is 7.63. The minimum atomic E-state index is -0.367. The Kier molecular flexibility index (Phi) is 3.86. The van der Waals surface area contributed by atoms with Gasteiger partial charge in [0, 0.05) is 13.1 Å². The molecule has 0 aromatic heterocycles. The van der Waals surface area contributed by atoms with Crippen molar-refractivity contribution in [1.82, 2.24) is 5.32 Å². The average Bonchev–Trinajstić information content (AvgIpc) is 2.03. The first-order valence-electron chi connectivity index (χ1n) is 4.31. The Balaban J connectivity index is 2.37. The summed E-state index contributed by atoms with van der Waals surface area (Å²) in [7, 11) is 0. The Bertz CT molecular complexity index is 263. The summed E-state index contributed by atoms with van der Waals surface area (Å²) < 4.78 is 12.7. The molecule has 0 fully saturated rings. The summed E-state index contributed by atoms with van der Waals surface area (Å²) in [6.45, 7) is 2.82. The van der Waals surface area contributed by atoms with E-state index >= 15 is 0 Å². The molecule has 72 valence electrons. The van der Waals surface area contributed by atoms with Crippen molar-refractivity contribution in [1.29, 1.82) is 0 Å². The van der Waals surface area contributed by atoms with E-state index in [1.807, 2.05) is 6.07 Å². The van der Waals surface area contributed by atoms with E-state index in [-0.39, 0.29) is 11.9 Å². The van der Waals surface area contributed by atoms with E-state index in [9.17, 15) is 4.39 Å². The monoisotopic (exact) mass is 183 g/mol. The zero-order chi connectivity index (χ0) is 9.68. The smallest absolute Gasteiger partial charge is 0.123 e. The molecule has 1 aromatic carbocycles.